The molecule has 5 heteroatoms. The summed E-state index contributed by atoms with van der Waals surface area (Å²) in [5.41, 5.74) is 3.40. The third-order valence-electron chi connectivity index (χ3n) is 4.52. The van der Waals surface area contributed by atoms with Crippen molar-refractivity contribution in [3.05, 3.63) is 58.7 Å². The molecular weight excluding hydrogens is 346 g/mol. The number of hydrogen-bond acceptors (Lipinski definition) is 4. The van der Waals surface area contributed by atoms with Crippen molar-refractivity contribution in [3.8, 4) is 5.75 Å². The molecule has 1 saturated heterocycles. The molecule has 1 amide bonds. The molecule has 4 nitrogen and oxygen atoms in total. The van der Waals surface area contributed by atoms with Gasteiger partial charge in [-0.2, -0.15) is 0 Å². The van der Waals surface area contributed by atoms with E-state index < -0.39 is 0 Å². The molecule has 136 valence electrons. The second-order valence-corrected chi connectivity index (χ2v) is 6.98. The van der Waals surface area contributed by atoms with Gasteiger partial charge >= 0.3 is 0 Å². The summed E-state index contributed by atoms with van der Waals surface area (Å²) in [4.78, 5) is 15.5. The lowest BCUT2D eigenvalue weighted by Gasteiger charge is -2.28. The first-order valence-corrected chi connectivity index (χ1v) is 9.85. The number of morpholine rings is 1. The predicted molar refractivity (Wildman–Crippen MR) is 107 cm³/mol. The van der Waals surface area contributed by atoms with Crippen LogP contribution in [0.5, 0.6) is 5.75 Å². The van der Waals surface area contributed by atoms with Crippen LogP contribution >= 0.6 is 11.8 Å². The molecule has 0 aromatic heterocycles. The number of ether oxygens (including phenoxy) is 1. The number of carbonyl (C=O) groups is 1. The van der Waals surface area contributed by atoms with Gasteiger partial charge in [-0.15, -0.1) is 11.8 Å². The topological polar surface area (TPSA) is 49.8 Å². The molecule has 0 aliphatic carbocycles. The first kappa shape index (κ1) is 18.5. The molecule has 2 aromatic carbocycles. The van der Waals surface area contributed by atoms with Gasteiger partial charge in [0.1, 0.15) is 5.75 Å². The highest BCUT2D eigenvalue weighted by molar-refractivity contribution is 7.98. The van der Waals surface area contributed by atoms with Crippen molar-refractivity contribution in [1.82, 2.24) is 4.90 Å². The Balaban J connectivity index is 1.96. The van der Waals surface area contributed by atoms with Crippen LogP contribution in [0.2, 0.25) is 0 Å². The Hall–Kier alpha value is -2.24. The smallest absolute Gasteiger partial charge is 0.258 e. The molecule has 0 unspecified atom stereocenters. The minimum atomic E-state index is -0.128. The van der Waals surface area contributed by atoms with E-state index in [0.29, 0.717) is 31.9 Å². The molecular formula is C21H23NO3S. The van der Waals surface area contributed by atoms with E-state index in [4.69, 9.17) is 4.74 Å². The number of nitrogens with zero attached hydrogens (tertiary/aromatic N) is 1. The van der Waals surface area contributed by atoms with E-state index in [1.165, 1.54) is 11.8 Å². The van der Waals surface area contributed by atoms with Crippen molar-refractivity contribution in [2.45, 2.75) is 11.8 Å². The number of rotatable bonds is 4. The average Bonchev–Trinajstić information content (AvgIpc) is 2.69. The van der Waals surface area contributed by atoms with Crippen LogP contribution in [-0.2, 0) is 4.74 Å². The number of amides is 1. The third-order valence-corrected chi connectivity index (χ3v) is 5.44. The molecule has 1 heterocycles. The summed E-state index contributed by atoms with van der Waals surface area (Å²) in [6.45, 7) is 4.18. The minimum absolute atomic E-state index is 0.0316. The lowest BCUT2D eigenvalue weighted by atomic mass is 10.0. The lowest BCUT2D eigenvalue weighted by molar-refractivity contribution is 0.0298. The van der Waals surface area contributed by atoms with E-state index in [1.54, 1.807) is 11.0 Å². The van der Waals surface area contributed by atoms with Crippen molar-refractivity contribution in [2.24, 2.45) is 0 Å². The van der Waals surface area contributed by atoms with E-state index >= 15 is 0 Å². The van der Waals surface area contributed by atoms with Crippen molar-refractivity contribution in [3.63, 3.8) is 0 Å². The summed E-state index contributed by atoms with van der Waals surface area (Å²) in [6.07, 6.45) is 5.92. The highest BCUT2D eigenvalue weighted by Gasteiger charge is 2.25. The highest BCUT2D eigenvalue weighted by atomic mass is 32.2. The fourth-order valence-corrected chi connectivity index (χ4v) is 3.89. The zero-order valence-corrected chi connectivity index (χ0v) is 15.9. The van der Waals surface area contributed by atoms with Gasteiger partial charge in [-0.25, -0.2) is 0 Å². The number of thioether (sulfide) groups is 1. The Labute approximate surface area is 158 Å². The summed E-state index contributed by atoms with van der Waals surface area (Å²) in [7, 11) is 0. The first-order valence-electron chi connectivity index (χ1n) is 8.62. The Bertz CT molecular complexity index is 812. The zero-order chi connectivity index (χ0) is 18.5. The van der Waals surface area contributed by atoms with Crippen LogP contribution in [0.25, 0.3) is 12.2 Å². The van der Waals surface area contributed by atoms with E-state index in [0.717, 1.165) is 21.6 Å². The second-order valence-electron chi connectivity index (χ2n) is 6.17. The summed E-state index contributed by atoms with van der Waals surface area (Å²) in [5.74, 6) is -0.0963. The maximum atomic E-state index is 12.9. The van der Waals surface area contributed by atoms with E-state index in [1.807, 2.05) is 55.7 Å². The van der Waals surface area contributed by atoms with Crippen LogP contribution in [0.4, 0.5) is 0 Å². The van der Waals surface area contributed by atoms with Gasteiger partial charge in [-0.05, 0) is 35.9 Å². The van der Waals surface area contributed by atoms with E-state index in [9.17, 15) is 9.90 Å². The van der Waals surface area contributed by atoms with Gasteiger partial charge in [0.05, 0.1) is 18.8 Å². The van der Waals surface area contributed by atoms with Crippen molar-refractivity contribution in [1.29, 1.82) is 0 Å². The molecule has 1 fully saturated rings. The number of carbonyl (C=O) groups excluding carboxylic acids is 1. The van der Waals surface area contributed by atoms with Crippen LogP contribution in [0, 0.1) is 6.92 Å². The number of phenols is 1. The minimum Gasteiger partial charge on any atom is -0.507 e. The molecule has 0 spiro atoms. The van der Waals surface area contributed by atoms with Crippen LogP contribution in [-0.4, -0.2) is 48.5 Å². The lowest BCUT2D eigenvalue weighted by Crippen LogP contribution is -2.41. The van der Waals surface area contributed by atoms with E-state index in [-0.39, 0.29) is 11.7 Å². The van der Waals surface area contributed by atoms with Gasteiger partial charge in [0, 0.05) is 18.0 Å². The molecule has 0 bridgehead atoms. The van der Waals surface area contributed by atoms with Gasteiger partial charge in [-0.3, -0.25) is 4.79 Å². The van der Waals surface area contributed by atoms with Crippen molar-refractivity contribution in [2.75, 3.05) is 32.6 Å². The molecule has 0 atom stereocenters. The molecule has 2 aromatic rings. The third kappa shape index (κ3) is 3.94. The van der Waals surface area contributed by atoms with Gasteiger partial charge in [0.2, 0.25) is 0 Å². The Morgan fingerprint density at radius 1 is 1.19 bits per heavy atom. The monoisotopic (exact) mass is 369 g/mol. The quantitative estimate of drug-likeness (QED) is 0.652. The number of benzene rings is 2. The molecule has 1 aliphatic heterocycles. The predicted octanol–water partition coefficient (Wildman–Crippen LogP) is 4.07. The first-order chi connectivity index (χ1) is 12.6. The number of phenolic OH excluding ortho intramolecular Hbond substituents is 1. The largest absolute Gasteiger partial charge is 0.507 e. The van der Waals surface area contributed by atoms with Gasteiger partial charge in [0.25, 0.3) is 5.91 Å². The van der Waals surface area contributed by atoms with E-state index in [2.05, 4.69) is 0 Å². The molecule has 26 heavy (non-hydrogen) atoms. The van der Waals surface area contributed by atoms with Crippen molar-refractivity contribution < 1.29 is 14.6 Å². The maximum absolute atomic E-state index is 12.9. The van der Waals surface area contributed by atoms with Crippen LogP contribution in [0.3, 0.4) is 0 Å². The molecule has 1 N–H and O–H groups in total. The second kappa shape index (κ2) is 8.43. The van der Waals surface area contributed by atoms with Gasteiger partial charge < -0.3 is 14.7 Å². The molecule has 1 aliphatic rings. The number of aromatic hydroxyl groups is 1. The SMILES string of the molecule is CSc1c(C)c(/C=C/c2ccccc2)cc(O)c1C(=O)N1CCOCC1. The summed E-state index contributed by atoms with van der Waals surface area (Å²) in [6, 6.07) is 11.7. The van der Waals surface area contributed by atoms with Crippen LogP contribution in [0.15, 0.2) is 41.3 Å². The fraction of sp³-hybridized carbons (Fsp3) is 0.286. The van der Waals surface area contributed by atoms with Gasteiger partial charge in [-0.1, -0.05) is 42.5 Å². The molecule has 0 saturated carbocycles. The fourth-order valence-electron chi connectivity index (χ4n) is 3.07. The average molecular weight is 369 g/mol. The summed E-state index contributed by atoms with van der Waals surface area (Å²) in [5, 5.41) is 10.6. The standard InChI is InChI=1S/C21H23NO3S/c1-15-17(9-8-16-6-4-3-5-7-16)14-18(23)19(20(15)26-2)21(24)22-10-12-25-13-11-22/h3-9,14,23H,10-13H2,1-2H3/b9-8+. The van der Waals surface area contributed by atoms with Crippen LogP contribution < -0.4 is 0 Å². The van der Waals surface area contributed by atoms with Crippen LogP contribution in [0.1, 0.15) is 27.0 Å². The van der Waals surface area contributed by atoms with Crippen molar-refractivity contribution >= 4 is 29.8 Å². The highest BCUT2D eigenvalue weighted by Crippen LogP contribution is 2.36. The molecule has 0 radical (unpaired) electrons. The summed E-state index contributed by atoms with van der Waals surface area (Å²) >= 11 is 1.49. The zero-order valence-electron chi connectivity index (χ0n) is 15.1. The Kier molecular flexibility index (Phi) is 6.01. The molecule has 3 rings (SSSR count). The Morgan fingerprint density at radius 2 is 1.88 bits per heavy atom. The summed E-state index contributed by atoms with van der Waals surface area (Å²) < 4.78 is 5.32. The normalized spacial score (nSPS) is 14.8. The Morgan fingerprint density at radius 3 is 2.54 bits per heavy atom. The maximum Gasteiger partial charge on any atom is 0.258 e. The van der Waals surface area contributed by atoms with Gasteiger partial charge in [0.15, 0.2) is 0 Å². The number of hydrogen-bond donors (Lipinski definition) is 1.